The molecule has 0 radical (unpaired) electrons. The number of hydrogen-bond acceptors (Lipinski definition) is 5. The molecule has 3 unspecified atom stereocenters. The van der Waals surface area contributed by atoms with E-state index < -0.39 is 28.3 Å². The molecule has 35 heavy (non-hydrogen) atoms. The van der Waals surface area contributed by atoms with Crippen molar-refractivity contribution in [1.82, 2.24) is 5.32 Å². The third-order valence-corrected chi connectivity index (χ3v) is 11.0. The second-order valence-electron chi connectivity index (χ2n) is 12.3. The molecule has 4 aliphatic carbocycles. The molecule has 4 fully saturated rings. The van der Waals surface area contributed by atoms with Gasteiger partial charge in [-0.15, -0.1) is 0 Å². The molecular weight excluding hydrogens is 480 g/mol. The number of fused-ring (bicyclic) bond motifs is 5. The number of alkyl halides is 2. The van der Waals surface area contributed by atoms with E-state index in [2.05, 4.69) is 23.3 Å². The lowest BCUT2D eigenvalue weighted by Gasteiger charge is -2.63. The number of aliphatic hydroxyl groups excluding tert-OH is 1. The van der Waals surface area contributed by atoms with Gasteiger partial charge >= 0.3 is 10.4 Å². The van der Waals surface area contributed by atoms with Crippen LogP contribution in [-0.2, 0) is 19.4 Å². The van der Waals surface area contributed by atoms with Crippen molar-refractivity contribution in [2.45, 2.75) is 90.6 Å². The van der Waals surface area contributed by atoms with Crippen molar-refractivity contribution < 1.29 is 35.8 Å². The fraction of sp³-hybridized carbons (Fsp3) is 0.960. The summed E-state index contributed by atoms with van der Waals surface area (Å²) in [6.07, 6.45) is 4.92. The van der Waals surface area contributed by atoms with Crippen LogP contribution in [-0.4, -0.2) is 49.2 Å². The van der Waals surface area contributed by atoms with Gasteiger partial charge in [0, 0.05) is 25.3 Å². The van der Waals surface area contributed by atoms with Crippen LogP contribution < -0.4 is 5.32 Å². The molecule has 0 aromatic carbocycles. The zero-order valence-electron chi connectivity index (χ0n) is 21.0. The molecule has 0 saturated heterocycles. The van der Waals surface area contributed by atoms with Crippen molar-refractivity contribution in [2.24, 2.45) is 46.3 Å². The predicted molar refractivity (Wildman–Crippen MR) is 126 cm³/mol. The molecule has 0 aromatic rings. The second-order valence-corrected chi connectivity index (χ2v) is 13.4. The summed E-state index contributed by atoms with van der Waals surface area (Å²) in [5.41, 5.74) is -0.379. The Morgan fingerprint density at radius 3 is 2.46 bits per heavy atom. The molecule has 0 spiro atoms. The molecule has 0 bridgehead atoms. The van der Waals surface area contributed by atoms with Gasteiger partial charge in [-0.1, -0.05) is 20.8 Å². The van der Waals surface area contributed by atoms with Gasteiger partial charge in [0.1, 0.15) is 0 Å². The highest BCUT2D eigenvalue weighted by Crippen LogP contribution is 2.71. The number of hydrogen-bond donors (Lipinski definition) is 3. The van der Waals surface area contributed by atoms with Gasteiger partial charge in [-0.2, -0.15) is 8.42 Å². The van der Waals surface area contributed by atoms with Crippen molar-refractivity contribution in [2.75, 3.05) is 13.2 Å². The Kier molecular flexibility index (Phi) is 7.36. The first kappa shape index (κ1) is 27.2. The fourth-order valence-electron chi connectivity index (χ4n) is 8.95. The summed E-state index contributed by atoms with van der Waals surface area (Å²) in [7, 11) is -4.54. The zero-order valence-corrected chi connectivity index (χ0v) is 21.8. The molecule has 4 aliphatic rings. The van der Waals surface area contributed by atoms with Gasteiger partial charge in [-0.25, -0.2) is 13.0 Å². The van der Waals surface area contributed by atoms with E-state index in [9.17, 15) is 18.3 Å². The van der Waals surface area contributed by atoms with Crippen LogP contribution in [0.15, 0.2) is 0 Å². The lowest BCUT2D eigenvalue weighted by Crippen LogP contribution is -2.61. The van der Waals surface area contributed by atoms with Crippen LogP contribution >= 0.6 is 0 Å². The lowest BCUT2D eigenvalue weighted by molar-refractivity contribution is -0.238. The molecule has 0 aliphatic heterocycles. The molecule has 9 atom stereocenters. The highest BCUT2D eigenvalue weighted by molar-refractivity contribution is 7.80. The predicted octanol–water partition coefficient (Wildman–Crippen LogP) is 4.21. The van der Waals surface area contributed by atoms with E-state index in [1.54, 1.807) is 0 Å². The van der Waals surface area contributed by atoms with E-state index in [1.165, 1.54) is 0 Å². The van der Waals surface area contributed by atoms with Gasteiger partial charge in [0.2, 0.25) is 5.91 Å². The standard InChI is InChI=1S/C25H41F2NO6S/c1-15(12-21(30)28-10-11-34-35(31,32)33)18-4-5-19-22-20(7-9-24(18,19)3)23(2)8-6-17(29)13-16(23)14-25(22,26)27/h15-20,22,29H,4-14H2,1-3H3,(H,28,30)(H,31,32,33)/t15-,16+,17-,18-,19?,20?,22?,23+,24-/m1/s1. The Labute approximate surface area is 207 Å². The minimum Gasteiger partial charge on any atom is -0.393 e. The van der Waals surface area contributed by atoms with E-state index in [-0.39, 0.29) is 72.3 Å². The number of amides is 1. The maximum atomic E-state index is 15.8. The van der Waals surface area contributed by atoms with Gasteiger partial charge in [0.15, 0.2) is 0 Å². The van der Waals surface area contributed by atoms with Crippen LogP contribution in [0, 0.1) is 46.3 Å². The maximum Gasteiger partial charge on any atom is 0.397 e. The van der Waals surface area contributed by atoms with Gasteiger partial charge in [0.25, 0.3) is 5.92 Å². The van der Waals surface area contributed by atoms with Gasteiger partial charge < -0.3 is 10.4 Å². The number of rotatable bonds is 7. The van der Waals surface area contributed by atoms with Crippen LogP contribution in [0.4, 0.5) is 8.78 Å². The first-order valence-corrected chi connectivity index (χ1v) is 14.5. The average Bonchev–Trinajstić information content (AvgIpc) is 3.09. The number of nitrogens with one attached hydrogen (secondary N) is 1. The van der Waals surface area contributed by atoms with Crippen LogP contribution in [0.5, 0.6) is 0 Å². The zero-order chi connectivity index (χ0) is 25.8. The van der Waals surface area contributed by atoms with Crippen molar-refractivity contribution in [3.05, 3.63) is 0 Å². The molecule has 3 N–H and O–H groups in total. The summed E-state index contributed by atoms with van der Waals surface area (Å²) in [5, 5.41) is 12.8. The molecule has 202 valence electrons. The first-order chi connectivity index (χ1) is 16.2. The van der Waals surface area contributed by atoms with E-state index in [4.69, 9.17) is 4.55 Å². The van der Waals surface area contributed by atoms with Gasteiger partial charge in [0.05, 0.1) is 12.7 Å². The summed E-state index contributed by atoms with van der Waals surface area (Å²) < 4.78 is 65.6. The van der Waals surface area contributed by atoms with Crippen LogP contribution in [0.1, 0.15) is 78.6 Å². The highest BCUT2D eigenvalue weighted by Gasteiger charge is 2.68. The van der Waals surface area contributed by atoms with Crippen molar-refractivity contribution in [3.8, 4) is 0 Å². The molecular formula is C25H41F2NO6S. The number of aliphatic hydroxyl groups is 1. The molecule has 0 aromatic heterocycles. The summed E-state index contributed by atoms with van der Waals surface area (Å²) in [5.74, 6) is -3.66. The summed E-state index contributed by atoms with van der Waals surface area (Å²) >= 11 is 0. The highest BCUT2D eigenvalue weighted by atomic mass is 32.3. The Morgan fingerprint density at radius 2 is 1.77 bits per heavy atom. The minimum atomic E-state index is -4.54. The number of carbonyl (C=O) groups excluding carboxylic acids is 1. The largest absolute Gasteiger partial charge is 0.397 e. The van der Waals surface area contributed by atoms with Gasteiger partial charge in [-0.05, 0) is 85.4 Å². The topological polar surface area (TPSA) is 113 Å². The first-order valence-electron chi connectivity index (χ1n) is 13.1. The molecule has 4 saturated carbocycles. The van der Waals surface area contributed by atoms with Crippen molar-refractivity contribution in [3.63, 3.8) is 0 Å². The number of halogens is 2. The smallest absolute Gasteiger partial charge is 0.393 e. The lowest BCUT2D eigenvalue weighted by atomic mass is 9.43. The number of carbonyl (C=O) groups is 1. The molecule has 7 nitrogen and oxygen atoms in total. The quantitative estimate of drug-likeness (QED) is 0.342. The maximum absolute atomic E-state index is 15.8. The SMILES string of the molecule is C[C@H](CC(=O)NCCOS(=O)(=O)O)[C@H]1CCC2C3C(CC[C@@]21C)[C@@]1(C)CC[C@@H](O)C[C@H]1CC3(F)F. The second kappa shape index (κ2) is 9.48. The fourth-order valence-corrected chi connectivity index (χ4v) is 9.25. The van der Waals surface area contributed by atoms with Crippen molar-refractivity contribution >= 4 is 16.3 Å². The molecule has 1 amide bonds. The Balaban J connectivity index is 1.43. The molecule has 0 heterocycles. The van der Waals surface area contributed by atoms with Crippen LogP contribution in [0.25, 0.3) is 0 Å². The summed E-state index contributed by atoms with van der Waals surface area (Å²) in [4.78, 5) is 12.4. The minimum absolute atomic E-state index is 0.00872. The third-order valence-electron chi connectivity index (χ3n) is 10.6. The summed E-state index contributed by atoms with van der Waals surface area (Å²) in [6.45, 7) is 5.98. The van der Waals surface area contributed by atoms with Crippen LogP contribution in [0.3, 0.4) is 0 Å². The monoisotopic (exact) mass is 521 g/mol. The normalized spacial score (nSPS) is 43.5. The third kappa shape index (κ3) is 5.14. The Morgan fingerprint density at radius 1 is 1.11 bits per heavy atom. The Bertz CT molecular complexity index is 916. The van der Waals surface area contributed by atoms with E-state index >= 15 is 8.78 Å². The summed E-state index contributed by atoms with van der Waals surface area (Å²) in [6, 6.07) is 0. The van der Waals surface area contributed by atoms with E-state index in [0.29, 0.717) is 12.8 Å². The van der Waals surface area contributed by atoms with Crippen LogP contribution in [0.2, 0.25) is 0 Å². The average molecular weight is 522 g/mol. The Hall–Kier alpha value is -0.840. The molecule has 4 rings (SSSR count). The van der Waals surface area contributed by atoms with Crippen molar-refractivity contribution in [1.29, 1.82) is 0 Å². The van der Waals surface area contributed by atoms with E-state index in [1.807, 2.05) is 6.92 Å². The molecule has 10 heteroatoms. The van der Waals surface area contributed by atoms with E-state index in [0.717, 1.165) is 32.1 Å². The van der Waals surface area contributed by atoms with Gasteiger partial charge in [-0.3, -0.25) is 9.35 Å².